The number of amides is 1. The molecule has 1 aliphatic heterocycles. The number of esters is 1. The van der Waals surface area contributed by atoms with Crippen molar-refractivity contribution in [1.29, 1.82) is 0 Å². The number of hydrogen-bond acceptors (Lipinski definition) is 9. The molecule has 2 aromatic rings. The van der Waals surface area contributed by atoms with E-state index < -0.39 is 42.3 Å². The van der Waals surface area contributed by atoms with Crippen LogP contribution in [0.5, 0.6) is 0 Å². The van der Waals surface area contributed by atoms with Gasteiger partial charge in [0, 0.05) is 36.0 Å². The second-order valence-electron chi connectivity index (χ2n) is 7.86. The number of aromatic amines is 1. The number of aliphatic hydroxyl groups is 1. The molecule has 4 atom stereocenters. The Hall–Kier alpha value is -2.54. The Kier molecular flexibility index (Phi) is 8.63. The van der Waals surface area contributed by atoms with Gasteiger partial charge in [-0.05, 0) is 43.9 Å². The van der Waals surface area contributed by atoms with Crippen molar-refractivity contribution in [3.8, 4) is 0 Å². The summed E-state index contributed by atoms with van der Waals surface area (Å²) >= 11 is 0. The van der Waals surface area contributed by atoms with E-state index in [9.17, 15) is 24.3 Å². The van der Waals surface area contributed by atoms with Gasteiger partial charge in [0.05, 0.1) is 12.2 Å². The highest BCUT2D eigenvalue weighted by atomic mass is 33.1. The largest absolute Gasteiger partial charge is 0.456 e. The highest BCUT2D eigenvalue weighted by molar-refractivity contribution is 8.76. The van der Waals surface area contributed by atoms with Crippen LogP contribution in [0.2, 0.25) is 0 Å². The quantitative estimate of drug-likeness (QED) is 0.361. The van der Waals surface area contributed by atoms with Gasteiger partial charge in [-0.2, -0.15) is 0 Å². The lowest BCUT2D eigenvalue weighted by Crippen LogP contribution is -2.33. The summed E-state index contributed by atoms with van der Waals surface area (Å²) in [5.74, 6) is -0.824. The Balaban J connectivity index is 1.85. The molecule has 0 spiro atoms. The fourth-order valence-corrected chi connectivity index (χ4v) is 5.49. The molecule has 1 amide bonds. The van der Waals surface area contributed by atoms with Crippen molar-refractivity contribution in [2.45, 2.75) is 50.9 Å². The van der Waals surface area contributed by atoms with Crippen LogP contribution in [-0.2, 0) is 14.3 Å². The number of carbonyl (C=O) groups excluding carboxylic acids is 2. The summed E-state index contributed by atoms with van der Waals surface area (Å²) in [6, 6.07) is 4.96. The third kappa shape index (κ3) is 5.93. The van der Waals surface area contributed by atoms with E-state index in [0.717, 1.165) is 0 Å². The molecule has 1 aromatic carbocycles. The van der Waals surface area contributed by atoms with Gasteiger partial charge in [0.15, 0.2) is 0 Å². The molecule has 2 heterocycles. The van der Waals surface area contributed by atoms with Gasteiger partial charge in [0.1, 0.15) is 18.4 Å². The van der Waals surface area contributed by atoms with Crippen LogP contribution < -0.4 is 16.6 Å². The van der Waals surface area contributed by atoms with E-state index in [1.165, 1.54) is 17.7 Å². The van der Waals surface area contributed by atoms with Gasteiger partial charge in [-0.15, -0.1) is 0 Å². The normalized spacial score (nSPS) is 20.7. The van der Waals surface area contributed by atoms with E-state index in [1.807, 2.05) is 13.2 Å². The average molecular weight is 510 g/mol. The molecule has 34 heavy (non-hydrogen) atoms. The van der Waals surface area contributed by atoms with Crippen LogP contribution >= 0.6 is 21.6 Å². The number of nitrogens with one attached hydrogen (secondary N) is 2. The molecule has 1 aliphatic rings. The first-order valence-electron chi connectivity index (χ1n) is 10.5. The van der Waals surface area contributed by atoms with Crippen molar-refractivity contribution in [3.63, 3.8) is 0 Å². The molecule has 12 heteroatoms. The van der Waals surface area contributed by atoms with Crippen molar-refractivity contribution < 1.29 is 24.2 Å². The van der Waals surface area contributed by atoms with Crippen molar-refractivity contribution >= 4 is 39.2 Å². The van der Waals surface area contributed by atoms with E-state index in [0.29, 0.717) is 22.4 Å². The first-order chi connectivity index (χ1) is 16.1. The van der Waals surface area contributed by atoms with Crippen LogP contribution in [-0.4, -0.2) is 51.6 Å². The number of nitrogens with zero attached hydrogens (tertiary/aromatic N) is 1. The zero-order valence-corrected chi connectivity index (χ0v) is 20.8. The summed E-state index contributed by atoms with van der Waals surface area (Å²) in [5, 5.41) is 12.4. The Morgan fingerprint density at radius 2 is 2.12 bits per heavy atom. The average Bonchev–Trinajstić information content (AvgIpc) is 3.18. The fraction of sp³-hybridized carbons (Fsp3) is 0.455. The number of aliphatic hydroxyl groups excluding tert-OH is 1. The van der Waals surface area contributed by atoms with Gasteiger partial charge in [0.2, 0.25) is 5.91 Å². The molecule has 1 aromatic heterocycles. The van der Waals surface area contributed by atoms with Crippen molar-refractivity contribution in [3.05, 3.63) is 61.9 Å². The van der Waals surface area contributed by atoms with Crippen LogP contribution in [0.25, 0.3) is 0 Å². The monoisotopic (exact) mass is 509 g/mol. The number of anilines is 1. The summed E-state index contributed by atoms with van der Waals surface area (Å²) in [4.78, 5) is 50.7. The second kappa shape index (κ2) is 11.3. The predicted molar refractivity (Wildman–Crippen MR) is 131 cm³/mol. The van der Waals surface area contributed by atoms with Crippen molar-refractivity contribution in [2.75, 3.05) is 18.2 Å². The molecular weight excluding hydrogens is 482 g/mol. The van der Waals surface area contributed by atoms with Gasteiger partial charge in [-0.25, -0.2) is 9.59 Å². The lowest BCUT2D eigenvalue weighted by molar-refractivity contribution is -0.114. The number of rotatable bonds is 8. The summed E-state index contributed by atoms with van der Waals surface area (Å²) in [6.07, 6.45) is 0.965. The molecule has 184 valence electrons. The van der Waals surface area contributed by atoms with Gasteiger partial charge in [-0.3, -0.25) is 19.1 Å². The van der Waals surface area contributed by atoms with E-state index in [-0.39, 0.29) is 17.6 Å². The van der Waals surface area contributed by atoms with Gasteiger partial charge >= 0.3 is 11.7 Å². The Bertz CT molecular complexity index is 1180. The van der Waals surface area contributed by atoms with Gasteiger partial charge < -0.3 is 19.9 Å². The second-order valence-corrected chi connectivity index (χ2v) is 10.7. The van der Waals surface area contributed by atoms with E-state index in [2.05, 4.69) is 10.3 Å². The van der Waals surface area contributed by atoms with Crippen LogP contribution in [0.15, 0.2) is 34.0 Å². The molecule has 3 rings (SSSR count). The first kappa shape index (κ1) is 26.1. The SMILES string of the molecule is CSSC(C)c1cc(NC(C)=O)ccc1C(=O)O[C@@H]1C[C@H](n2cc(C)c(=O)[nH]c2=O)OC1CO. The fourth-order valence-electron chi connectivity index (χ4n) is 3.72. The number of carbonyl (C=O) groups is 2. The van der Waals surface area contributed by atoms with Crippen LogP contribution in [0.4, 0.5) is 5.69 Å². The third-order valence-electron chi connectivity index (χ3n) is 5.35. The number of hydrogen-bond donors (Lipinski definition) is 3. The topological polar surface area (TPSA) is 140 Å². The maximum absolute atomic E-state index is 13.2. The zero-order chi connectivity index (χ0) is 25.0. The number of ether oxygens (including phenoxy) is 2. The summed E-state index contributed by atoms with van der Waals surface area (Å²) in [5.41, 5.74) is 0.780. The van der Waals surface area contributed by atoms with E-state index in [4.69, 9.17) is 9.47 Å². The molecule has 3 N–H and O–H groups in total. The number of benzene rings is 1. The van der Waals surface area contributed by atoms with Crippen LogP contribution in [0.3, 0.4) is 0 Å². The Labute approximate surface area is 203 Å². The van der Waals surface area contributed by atoms with Crippen molar-refractivity contribution in [2.24, 2.45) is 0 Å². The van der Waals surface area contributed by atoms with Gasteiger partial charge in [-0.1, -0.05) is 21.6 Å². The number of H-pyrrole nitrogens is 1. The maximum Gasteiger partial charge on any atom is 0.338 e. The van der Waals surface area contributed by atoms with Gasteiger partial charge in [0.25, 0.3) is 5.56 Å². The van der Waals surface area contributed by atoms with Crippen LogP contribution in [0.1, 0.15) is 53.2 Å². The molecule has 2 unspecified atom stereocenters. The minimum atomic E-state index is -0.840. The molecule has 10 nitrogen and oxygen atoms in total. The maximum atomic E-state index is 13.2. The van der Waals surface area contributed by atoms with E-state index >= 15 is 0 Å². The molecule has 1 fully saturated rings. The summed E-state index contributed by atoms with van der Waals surface area (Å²) in [7, 11) is 3.11. The minimum absolute atomic E-state index is 0.0739. The van der Waals surface area contributed by atoms with E-state index in [1.54, 1.807) is 46.7 Å². The molecular formula is C22H27N3O7S2. The lowest BCUT2D eigenvalue weighted by atomic mass is 10.0. The third-order valence-corrected chi connectivity index (χ3v) is 7.52. The first-order valence-corrected chi connectivity index (χ1v) is 13.2. The Morgan fingerprint density at radius 1 is 1.38 bits per heavy atom. The summed E-state index contributed by atoms with van der Waals surface area (Å²) in [6.45, 7) is 4.49. The molecule has 0 bridgehead atoms. The molecule has 1 saturated heterocycles. The summed E-state index contributed by atoms with van der Waals surface area (Å²) < 4.78 is 12.7. The highest BCUT2D eigenvalue weighted by Crippen LogP contribution is 2.39. The smallest absolute Gasteiger partial charge is 0.338 e. The zero-order valence-electron chi connectivity index (χ0n) is 19.2. The predicted octanol–water partition coefficient (Wildman–Crippen LogP) is 2.38. The molecule has 0 radical (unpaired) electrons. The lowest BCUT2D eigenvalue weighted by Gasteiger charge is -2.20. The molecule has 0 saturated carbocycles. The minimum Gasteiger partial charge on any atom is -0.456 e. The standard InChI is InChI=1S/C22H27N3O7S2/c1-11-9-25(22(30)24-20(11)28)19-8-17(18(10-26)31-19)32-21(29)15-6-5-14(23-13(3)27)7-16(15)12(2)34-33-4/h5-7,9,12,17-19,26H,8,10H2,1-4H3,(H,23,27)(H,24,28,30)/t12?,17-,18?,19-/m1/s1. The number of aryl methyl sites for hydroxylation is 1. The van der Waals surface area contributed by atoms with Crippen LogP contribution in [0, 0.1) is 6.92 Å². The number of aromatic nitrogens is 2. The molecule has 0 aliphatic carbocycles. The highest BCUT2D eigenvalue weighted by Gasteiger charge is 2.39. The van der Waals surface area contributed by atoms with Crippen molar-refractivity contribution in [1.82, 2.24) is 9.55 Å². The Morgan fingerprint density at radius 3 is 2.76 bits per heavy atom.